The highest BCUT2D eigenvalue weighted by Crippen LogP contribution is 2.37. The number of benzene rings is 1. The van der Waals surface area contributed by atoms with Crippen molar-refractivity contribution in [1.82, 2.24) is 4.90 Å². The van der Waals surface area contributed by atoms with E-state index in [2.05, 4.69) is 11.0 Å². The van der Waals surface area contributed by atoms with Gasteiger partial charge in [0, 0.05) is 19.1 Å². The fourth-order valence-corrected chi connectivity index (χ4v) is 3.20. The van der Waals surface area contributed by atoms with E-state index < -0.39 is 0 Å². The first-order valence-corrected chi connectivity index (χ1v) is 6.83. The van der Waals surface area contributed by atoms with Gasteiger partial charge in [0.25, 0.3) is 0 Å². The number of carbonyl (C=O) groups is 1. The average Bonchev–Trinajstić information content (AvgIpc) is 2.91. The second-order valence-corrected chi connectivity index (χ2v) is 5.07. The fourth-order valence-electron chi connectivity index (χ4n) is 3.20. The van der Waals surface area contributed by atoms with E-state index in [4.69, 9.17) is 9.47 Å². The van der Waals surface area contributed by atoms with Gasteiger partial charge in [-0.2, -0.15) is 0 Å². The van der Waals surface area contributed by atoms with Gasteiger partial charge in [0.1, 0.15) is 0 Å². The van der Waals surface area contributed by atoms with Crippen molar-refractivity contribution in [2.75, 3.05) is 33.4 Å². The van der Waals surface area contributed by atoms with Crippen molar-refractivity contribution in [1.29, 1.82) is 0 Å². The Morgan fingerprint density at radius 1 is 1.37 bits per heavy atom. The van der Waals surface area contributed by atoms with Gasteiger partial charge in [0.05, 0.1) is 25.9 Å². The summed E-state index contributed by atoms with van der Waals surface area (Å²) in [5.74, 6) is -0.223. The molecule has 1 aromatic rings. The lowest BCUT2D eigenvalue weighted by Gasteiger charge is -2.32. The first-order valence-electron chi connectivity index (χ1n) is 6.83. The molecule has 1 heterocycles. The summed E-state index contributed by atoms with van der Waals surface area (Å²) in [6.07, 6.45) is 2.05. The van der Waals surface area contributed by atoms with E-state index in [0.29, 0.717) is 6.04 Å². The first kappa shape index (κ1) is 12.6. The highest BCUT2D eigenvalue weighted by atomic mass is 16.5. The Labute approximate surface area is 113 Å². The number of nitrogens with zero attached hydrogens (tertiary/aromatic N) is 1. The number of hydrogen-bond donors (Lipinski definition) is 0. The molecule has 102 valence electrons. The molecule has 0 N–H and O–H groups in total. The normalized spacial score (nSPS) is 23.1. The van der Waals surface area contributed by atoms with Crippen LogP contribution in [0, 0.1) is 0 Å². The summed E-state index contributed by atoms with van der Waals surface area (Å²) < 4.78 is 10.3. The van der Waals surface area contributed by atoms with Crippen LogP contribution in [0.5, 0.6) is 0 Å². The van der Waals surface area contributed by atoms with Crippen LogP contribution in [0.2, 0.25) is 0 Å². The molecule has 0 saturated carbocycles. The molecule has 1 aromatic carbocycles. The van der Waals surface area contributed by atoms with E-state index in [9.17, 15) is 4.79 Å². The summed E-state index contributed by atoms with van der Waals surface area (Å²) in [7, 11) is 1.44. The predicted molar refractivity (Wildman–Crippen MR) is 71.2 cm³/mol. The van der Waals surface area contributed by atoms with E-state index in [-0.39, 0.29) is 5.97 Å². The summed E-state index contributed by atoms with van der Waals surface area (Å²) in [6.45, 7) is 3.57. The molecule has 3 rings (SSSR count). The second-order valence-electron chi connectivity index (χ2n) is 5.07. The molecule has 1 aliphatic heterocycles. The first-order chi connectivity index (χ1) is 9.31. The third-order valence-corrected chi connectivity index (χ3v) is 4.13. The highest BCUT2D eigenvalue weighted by Gasteiger charge is 2.31. The van der Waals surface area contributed by atoms with Crippen LogP contribution in [-0.2, 0) is 15.9 Å². The minimum atomic E-state index is -0.223. The van der Waals surface area contributed by atoms with Crippen molar-refractivity contribution in [2.45, 2.75) is 18.9 Å². The monoisotopic (exact) mass is 261 g/mol. The SMILES string of the molecule is COC(=O)c1cccc2c1CCC2N1CCOCC1. The van der Waals surface area contributed by atoms with Gasteiger partial charge in [-0.1, -0.05) is 12.1 Å². The average molecular weight is 261 g/mol. The molecular weight excluding hydrogens is 242 g/mol. The van der Waals surface area contributed by atoms with Gasteiger partial charge in [-0.25, -0.2) is 4.79 Å². The van der Waals surface area contributed by atoms with Crippen LogP contribution in [0.3, 0.4) is 0 Å². The van der Waals surface area contributed by atoms with Gasteiger partial charge < -0.3 is 9.47 Å². The van der Waals surface area contributed by atoms with Crippen LogP contribution in [0.1, 0.15) is 33.9 Å². The zero-order chi connectivity index (χ0) is 13.2. The molecule has 1 unspecified atom stereocenters. The minimum absolute atomic E-state index is 0.223. The highest BCUT2D eigenvalue weighted by molar-refractivity contribution is 5.91. The van der Waals surface area contributed by atoms with Gasteiger partial charge >= 0.3 is 5.97 Å². The molecular formula is C15H19NO3. The standard InChI is InChI=1S/C15H19NO3/c1-18-15(17)13-4-2-3-12-11(13)5-6-14(12)16-7-9-19-10-8-16/h2-4,14H,5-10H2,1H3. The van der Waals surface area contributed by atoms with Crippen molar-refractivity contribution in [3.63, 3.8) is 0 Å². The molecule has 0 radical (unpaired) electrons. The summed E-state index contributed by atoms with van der Waals surface area (Å²) >= 11 is 0. The minimum Gasteiger partial charge on any atom is -0.465 e. The molecule has 1 fully saturated rings. The van der Waals surface area contributed by atoms with Gasteiger partial charge in [-0.15, -0.1) is 0 Å². The summed E-state index contributed by atoms with van der Waals surface area (Å²) in [5, 5.41) is 0. The topological polar surface area (TPSA) is 38.8 Å². The van der Waals surface area contributed by atoms with Crippen molar-refractivity contribution in [3.8, 4) is 0 Å². The quantitative estimate of drug-likeness (QED) is 0.761. The van der Waals surface area contributed by atoms with Crippen LogP contribution < -0.4 is 0 Å². The molecule has 1 atom stereocenters. The van der Waals surface area contributed by atoms with E-state index in [1.807, 2.05) is 12.1 Å². The largest absolute Gasteiger partial charge is 0.465 e. The molecule has 2 aliphatic rings. The lowest BCUT2D eigenvalue weighted by molar-refractivity contribution is 0.0164. The van der Waals surface area contributed by atoms with Gasteiger partial charge in [0.15, 0.2) is 0 Å². The zero-order valence-corrected chi connectivity index (χ0v) is 11.2. The van der Waals surface area contributed by atoms with Crippen LogP contribution >= 0.6 is 0 Å². The molecule has 1 saturated heterocycles. The predicted octanol–water partition coefficient (Wildman–Crippen LogP) is 1.79. The number of ether oxygens (including phenoxy) is 2. The maximum absolute atomic E-state index is 11.8. The van der Waals surface area contributed by atoms with Crippen molar-refractivity contribution >= 4 is 5.97 Å². The molecule has 1 aliphatic carbocycles. The molecule has 0 amide bonds. The number of morpholine rings is 1. The maximum atomic E-state index is 11.8. The lowest BCUT2D eigenvalue weighted by Crippen LogP contribution is -2.38. The van der Waals surface area contributed by atoms with Crippen molar-refractivity contribution < 1.29 is 14.3 Å². The zero-order valence-electron chi connectivity index (χ0n) is 11.2. The molecule has 4 nitrogen and oxygen atoms in total. The number of esters is 1. The summed E-state index contributed by atoms with van der Waals surface area (Å²) in [4.78, 5) is 14.3. The Hall–Kier alpha value is -1.39. The van der Waals surface area contributed by atoms with E-state index in [1.54, 1.807) is 0 Å². The number of hydrogen-bond acceptors (Lipinski definition) is 4. The number of fused-ring (bicyclic) bond motifs is 1. The Bertz CT molecular complexity index is 480. The Balaban J connectivity index is 1.90. The Kier molecular flexibility index (Phi) is 3.53. The number of methoxy groups -OCH3 is 1. The smallest absolute Gasteiger partial charge is 0.338 e. The van der Waals surface area contributed by atoms with Crippen LogP contribution in [0.25, 0.3) is 0 Å². The maximum Gasteiger partial charge on any atom is 0.338 e. The van der Waals surface area contributed by atoms with Gasteiger partial charge in [-0.05, 0) is 30.0 Å². The van der Waals surface area contributed by atoms with Crippen molar-refractivity contribution in [3.05, 3.63) is 34.9 Å². The van der Waals surface area contributed by atoms with Crippen LogP contribution in [0.15, 0.2) is 18.2 Å². The molecule has 4 heteroatoms. The third kappa shape index (κ3) is 2.26. The summed E-state index contributed by atoms with van der Waals surface area (Å²) in [5.41, 5.74) is 3.20. The Morgan fingerprint density at radius 3 is 2.89 bits per heavy atom. The van der Waals surface area contributed by atoms with Crippen molar-refractivity contribution in [2.24, 2.45) is 0 Å². The van der Waals surface area contributed by atoms with Gasteiger partial charge in [0.2, 0.25) is 0 Å². The molecule has 0 aromatic heterocycles. The molecule has 0 spiro atoms. The van der Waals surface area contributed by atoms with Gasteiger partial charge in [-0.3, -0.25) is 4.90 Å². The lowest BCUT2D eigenvalue weighted by atomic mass is 10.0. The summed E-state index contributed by atoms with van der Waals surface area (Å²) in [6, 6.07) is 6.41. The second kappa shape index (κ2) is 5.31. The third-order valence-electron chi connectivity index (χ3n) is 4.13. The Morgan fingerprint density at radius 2 is 2.16 bits per heavy atom. The number of rotatable bonds is 2. The van der Waals surface area contributed by atoms with E-state index in [1.165, 1.54) is 18.2 Å². The fraction of sp³-hybridized carbons (Fsp3) is 0.533. The molecule has 0 bridgehead atoms. The number of carbonyl (C=O) groups excluding carboxylic acids is 1. The molecule has 19 heavy (non-hydrogen) atoms. The van der Waals surface area contributed by atoms with Crippen LogP contribution in [-0.4, -0.2) is 44.3 Å². The van der Waals surface area contributed by atoms with E-state index in [0.717, 1.165) is 44.7 Å². The van der Waals surface area contributed by atoms with E-state index >= 15 is 0 Å². The van der Waals surface area contributed by atoms with Crippen LogP contribution in [0.4, 0.5) is 0 Å².